The number of fused-ring (bicyclic) bond motifs is 1. The number of aromatic amines is 1. The summed E-state index contributed by atoms with van der Waals surface area (Å²) >= 11 is 0. The van der Waals surface area contributed by atoms with Crippen molar-refractivity contribution in [3.05, 3.63) is 64.2 Å². The van der Waals surface area contributed by atoms with Crippen LogP contribution in [0, 0.1) is 0 Å². The fourth-order valence-corrected chi connectivity index (χ4v) is 6.81. The van der Waals surface area contributed by atoms with Crippen molar-refractivity contribution in [3.63, 3.8) is 0 Å². The van der Waals surface area contributed by atoms with E-state index >= 15 is 0 Å². The molecule has 0 bridgehead atoms. The Hall–Kier alpha value is -6.42. The number of esters is 1. The van der Waals surface area contributed by atoms with Crippen molar-refractivity contribution in [3.8, 4) is 0 Å². The Labute approximate surface area is 351 Å². The number of halogens is 3. The van der Waals surface area contributed by atoms with Crippen molar-refractivity contribution in [1.29, 1.82) is 0 Å². The van der Waals surface area contributed by atoms with Crippen LogP contribution in [0.3, 0.4) is 0 Å². The van der Waals surface area contributed by atoms with Crippen LogP contribution >= 0.6 is 0 Å². The highest BCUT2D eigenvalue weighted by molar-refractivity contribution is 6.13. The lowest BCUT2D eigenvalue weighted by Crippen LogP contribution is -2.42. The lowest BCUT2D eigenvalue weighted by Gasteiger charge is -2.29. The Kier molecular flexibility index (Phi) is 15.7. The van der Waals surface area contributed by atoms with Crippen molar-refractivity contribution in [1.82, 2.24) is 30.2 Å². The lowest BCUT2D eigenvalue weighted by atomic mass is 10.1. The predicted molar refractivity (Wildman–Crippen MR) is 211 cm³/mol. The summed E-state index contributed by atoms with van der Waals surface area (Å²) in [5, 5.41) is 2.48. The maximum atomic E-state index is 13.7. The molecule has 19 nitrogen and oxygen atoms in total. The fourth-order valence-electron chi connectivity index (χ4n) is 6.81. The first-order valence-electron chi connectivity index (χ1n) is 19.7. The number of carbonyl (C=O) groups excluding carboxylic acids is 7. The first-order chi connectivity index (χ1) is 29.5. The van der Waals surface area contributed by atoms with Crippen molar-refractivity contribution < 1.29 is 60.9 Å². The monoisotopic (exact) mass is 870 g/mol. The molecule has 0 radical (unpaired) electrons. The molecule has 1 saturated carbocycles. The Bertz CT molecular complexity index is 2240. The average molecular weight is 871 g/mol. The summed E-state index contributed by atoms with van der Waals surface area (Å²) in [4.78, 5) is 114. The molecule has 62 heavy (non-hydrogen) atoms. The number of nitrogens with one attached hydrogen (secondary N) is 2. The van der Waals surface area contributed by atoms with Crippen LogP contribution < -0.4 is 21.5 Å². The third-order valence-corrected chi connectivity index (χ3v) is 10.0. The van der Waals surface area contributed by atoms with Gasteiger partial charge in [0.1, 0.15) is 17.6 Å². The van der Waals surface area contributed by atoms with Gasteiger partial charge in [0.25, 0.3) is 23.3 Å². The second-order valence-electron chi connectivity index (χ2n) is 14.5. The van der Waals surface area contributed by atoms with Crippen LogP contribution in [-0.4, -0.2) is 111 Å². The van der Waals surface area contributed by atoms with Gasteiger partial charge in [-0.3, -0.25) is 48.3 Å². The number of aromatic nitrogens is 4. The molecule has 1 atom stereocenters. The van der Waals surface area contributed by atoms with Crippen LogP contribution in [0.2, 0.25) is 0 Å². The van der Waals surface area contributed by atoms with Gasteiger partial charge in [-0.1, -0.05) is 0 Å². The van der Waals surface area contributed by atoms with E-state index in [1.165, 1.54) is 12.2 Å². The second-order valence-corrected chi connectivity index (χ2v) is 14.5. The Morgan fingerprint density at radius 3 is 2.13 bits per heavy atom. The summed E-state index contributed by atoms with van der Waals surface area (Å²) in [6.45, 7) is -0.273. The quantitative estimate of drug-likeness (QED) is 0.0567. The SMILES string of the molecule is COC(=O)[C@H](CCC(=O)CCCOC1(OCCCC(=O)CCN2C(=O)C=CC2=O)CCCC1)NC(=O)c1ccc(N(Cc2cnc3nc(N)[nH]c(=O)c3n2)C(=O)C(F)(F)F)cc1. The van der Waals surface area contributed by atoms with E-state index < -0.39 is 59.7 Å². The molecule has 4 N–H and O–H groups in total. The number of hydrogen-bond donors (Lipinski definition) is 3. The summed E-state index contributed by atoms with van der Waals surface area (Å²) in [5.74, 6) is -6.19. The van der Waals surface area contributed by atoms with Gasteiger partial charge in [0, 0.05) is 68.5 Å². The molecular weight excluding hydrogens is 825 g/mol. The fraction of sp³-hybridized carbons (Fsp3) is 0.475. The van der Waals surface area contributed by atoms with Gasteiger partial charge in [0.2, 0.25) is 5.95 Å². The normalized spacial score (nSPS) is 15.2. The summed E-state index contributed by atoms with van der Waals surface area (Å²) in [6.07, 6.45) is 2.03. The number of ether oxygens (including phenoxy) is 3. The third-order valence-electron chi connectivity index (χ3n) is 10.0. The van der Waals surface area contributed by atoms with Gasteiger partial charge in [-0.2, -0.15) is 18.2 Å². The molecule has 3 aromatic rings. The van der Waals surface area contributed by atoms with E-state index in [0.717, 1.165) is 55.3 Å². The molecule has 2 aromatic heterocycles. The van der Waals surface area contributed by atoms with Crippen LogP contribution in [0.4, 0.5) is 24.8 Å². The maximum Gasteiger partial charge on any atom is 0.471 e. The molecule has 332 valence electrons. The third kappa shape index (κ3) is 12.6. The van der Waals surface area contributed by atoms with Gasteiger partial charge in [0.15, 0.2) is 17.0 Å². The van der Waals surface area contributed by atoms with Gasteiger partial charge in [-0.25, -0.2) is 14.8 Å². The number of nitrogen functional groups attached to an aromatic ring is 1. The molecule has 4 amide bonds. The van der Waals surface area contributed by atoms with E-state index in [1.54, 1.807) is 0 Å². The molecule has 1 aliphatic carbocycles. The number of rotatable bonds is 22. The van der Waals surface area contributed by atoms with E-state index in [9.17, 15) is 51.5 Å². The number of H-pyrrole nitrogens is 1. The molecule has 1 fully saturated rings. The summed E-state index contributed by atoms with van der Waals surface area (Å²) < 4.78 is 58.0. The van der Waals surface area contributed by atoms with Crippen LogP contribution in [0.5, 0.6) is 0 Å². The van der Waals surface area contributed by atoms with Crippen LogP contribution in [-0.2, 0) is 49.5 Å². The standard InChI is InChI=1S/C40H45F3N8O11/c1-60-36(58)29(13-12-27(52)6-4-20-61-39(17-2-3-18-39)62-21-5-7-28(53)16-19-50-30(54)14-15-31(50)55)47-34(56)24-8-10-26(11-9-24)51(37(59)40(41,42)43)23-25-22-45-33-32(46-25)35(57)49-38(44)48-33/h8-11,14-15,22,29H,2-7,12-13,16-21,23H2,1H3,(H,47,56)(H3,44,45,48,49,57)/t29-/m0/s1. The number of alkyl halides is 3. The Morgan fingerprint density at radius 2 is 1.53 bits per heavy atom. The van der Waals surface area contributed by atoms with E-state index in [-0.39, 0.29) is 97.5 Å². The minimum atomic E-state index is -5.31. The zero-order valence-electron chi connectivity index (χ0n) is 33.7. The number of nitrogens with zero attached hydrogens (tertiary/aromatic N) is 5. The highest BCUT2D eigenvalue weighted by atomic mass is 19.4. The van der Waals surface area contributed by atoms with E-state index in [0.29, 0.717) is 30.6 Å². The topological polar surface area (TPSA) is 263 Å². The minimum absolute atomic E-state index is 0.0291. The molecule has 3 heterocycles. The first-order valence-corrected chi connectivity index (χ1v) is 19.7. The lowest BCUT2D eigenvalue weighted by molar-refractivity contribution is -0.233. The summed E-state index contributed by atoms with van der Waals surface area (Å²) in [5.41, 5.74) is 3.65. The van der Waals surface area contributed by atoms with Gasteiger partial charge in [-0.15, -0.1) is 0 Å². The van der Waals surface area contributed by atoms with Gasteiger partial charge >= 0.3 is 18.1 Å². The summed E-state index contributed by atoms with van der Waals surface area (Å²) in [7, 11) is 1.10. The number of hydrogen-bond acceptors (Lipinski definition) is 15. The number of Topliss-reactive ketones (excluding diaryl/α,β-unsaturated/α-hetero) is 2. The first kappa shape index (κ1) is 46.6. The smallest absolute Gasteiger partial charge is 0.467 e. The highest BCUT2D eigenvalue weighted by Gasteiger charge is 2.43. The number of imide groups is 1. The number of ketones is 2. The Balaban J connectivity index is 1.08. The largest absolute Gasteiger partial charge is 0.471 e. The molecule has 1 aromatic carbocycles. The zero-order valence-corrected chi connectivity index (χ0v) is 33.7. The number of methoxy groups -OCH3 is 1. The van der Waals surface area contributed by atoms with Crippen molar-refractivity contribution in [2.24, 2.45) is 0 Å². The maximum absolute atomic E-state index is 13.7. The van der Waals surface area contributed by atoms with Crippen LogP contribution in [0.1, 0.15) is 86.7 Å². The molecule has 2 aliphatic rings. The molecular formula is C40H45F3N8O11. The second kappa shape index (κ2) is 20.9. The van der Waals surface area contributed by atoms with Crippen LogP contribution in [0.25, 0.3) is 11.2 Å². The van der Waals surface area contributed by atoms with Crippen molar-refractivity contribution in [2.45, 2.75) is 95.2 Å². The van der Waals surface area contributed by atoms with E-state index in [4.69, 9.17) is 19.9 Å². The molecule has 0 spiro atoms. The number of anilines is 2. The molecule has 22 heteroatoms. The molecule has 0 unspecified atom stereocenters. The summed E-state index contributed by atoms with van der Waals surface area (Å²) in [6, 6.07) is 3.17. The molecule has 1 aliphatic heterocycles. The number of carbonyl (C=O) groups is 7. The number of nitrogens with two attached hydrogens (primary N) is 1. The highest BCUT2D eigenvalue weighted by Crippen LogP contribution is 2.35. The number of amides is 4. The minimum Gasteiger partial charge on any atom is -0.467 e. The predicted octanol–water partition coefficient (Wildman–Crippen LogP) is 2.76. The van der Waals surface area contributed by atoms with Gasteiger partial charge < -0.3 is 25.3 Å². The van der Waals surface area contributed by atoms with Crippen molar-refractivity contribution in [2.75, 3.05) is 37.5 Å². The average Bonchev–Trinajstić information content (AvgIpc) is 3.84. The number of benzene rings is 1. The Morgan fingerprint density at radius 1 is 0.919 bits per heavy atom. The van der Waals surface area contributed by atoms with Gasteiger partial charge in [-0.05, 0) is 56.4 Å². The van der Waals surface area contributed by atoms with E-state index in [1.807, 2.05) is 0 Å². The van der Waals surface area contributed by atoms with Crippen molar-refractivity contribution >= 4 is 64.0 Å². The molecule has 0 saturated heterocycles. The van der Waals surface area contributed by atoms with Gasteiger partial charge in [0.05, 0.1) is 38.8 Å². The van der Waals surface area contributed by atoms with E-state index in [2.05, 4.69) is 25.3 Å². The van der Waals surface area contributed by atoms with Crippen LogP contribution in [0.15, 0.2) is 47.4 Å². The molecule has 5 rings (SSSR count). The zero-order chi connectivity index (χ0) is 45.0.